The van der Waals surface area contributed by atoms with Gasteiger partial charge in [0.2, 0.25) is 0 Å². The molecule has 0 radical (unpaired) electrons. The minimum absolute atomic E-state index is 0.000851. The van der Waals surface area contributed by atoms with E-state index in [1.54, 1.807) is 6.07 Å². The predicted molar refractivity (Wildman–Crippen MR) is 62.5 cm³/mol. The molecule has 1 rings (SSSR count). The van der Waals surface area contributed by atoms with E-state index in [1.165, 1.54) is 18.2 Å². The summed E-state index contributed by atoms with van der Waals surface area (Å²) in [4.78, 5) is 22.5. The molecular formula is C11H12ClNO4. The van der Waals surface area contributed by atoms with Crippen LogP contribution >= 0.6 is 11.6 Å². The summed E-state index contributed by atoms with van der Waals surface area (Å²) in [6.07, 6.45) is -0.849. The van der Waals surface area contributed by atoms with Crippen LogP contribution in [0.5, 0.6) is 0 Å². The molecule has 0 spiro atoms. The maximum absolute atomic E-state index is 11.7. The SMILES string of the molecule is O=C(O)c1ccccc1C(=O)NC[C@H](O)CCl. The number of rotatable bonds is 5. The van der Waals surface area contributed by atoms with Crippen molar-refractivity contribution in [3.8, 4) is 0 Å². The standard InChI is InChI=1S/C11H12ClNO4/c12-5-7(14)6-13-10(15)8-3-1-2-4-9(8)11(16)17/h1-4,7,14H,5-6H2,(H,13,15)(H,16,17)/t7-/m1/s1. The van der Waals surface area contributed by atoms with Crippen LogP contribution in [0.25, 0.3) is 0 Å². The third-order valence-electron chi connectivity index (χ3n) is 2.08. The van der Waals surface area contributed by atoms with E-state index in [9.17, 15) is 9.59 Å². The van der Waals surface area contributed by atoms with Gasteiger partial charge in [0.05, 0.1) is 23.1 Å². The fourth-order valence-electron chi connectivity index (χ4n) is 1.23. The zero-order chi connectivity index (χ0) is 12.8. The van der Waals surface area contributed by atoms with Gasteiger partial charge in [0.25, 0.3) is 5.91 Å². The van der Waals surface area contributed by atoms with Crippen LogP contribution in [0.1, 0.15) is 20.7 Å². The summed E-state index contributed by atoms with van der Waals surface area (Å²) in [6, 6.07) is 5.86. The topological polar surface area (TPSA) is 86.6 Å². The van der Waals surface area contributed by atoms with Crippen LogP contribution in [-0.4, -0.2) is 40.6 Å². The van der Waals surface area contributed by atoms with Gasteiger partial charge >= 0.3 is 5.97 Å². The van der Waals surface area contributed by atoms with Crippen molar-refractivity contribution in [2.45, 2.75) is 6.10 Å². The largest absolute Gasteiger partial charge is 0.478 e. The van der Waals surface area contributed by atoms with Crippen LogP contribution in [0.4, 0.5) is 0 Å². The fourth-order valence-corrected chi connectivity index (χ4v) is 1.34. The van der Waals surface area contributed by atoms with E-state index in [0.717, 1.165) is 0 Å². The highest BCUT2D eigenvalue weighted by Gasteiger charge is 2.16. The van der Waals surface area contributed by atoms with Crippen molar-refractivity contribution in [2.75, 3.05) is 12.4 Å². The third kappa shape index (κ3) is 3.72. The molecule has 1 atom stereocenters. The lowest BCUT2D eigenvalue weighted by Crippen LogP contribution is -2.33. The van der Waals surface area contributed by atoms with Gasteiger partial charge in [-0.3, -0.25) is 4.79 Å². The maximum Gasteiger partial charge on any atom is 0.336 e. The molecule has 1 aromatic rings. The summed E-state index contributed by atoms with van der Waals surface area (Å²) in [5, 5.41) is 20.5. The van der Waals surface area contributed by atoms with Crippen LogP contribution in [0.15, 0.2) is 24.3 Å². The number of hydrogen-bond donors (Lipinski definition) is 3. The predicted octanol–water partition coefficient (Wildman–Crippen LogP) is 0.714. The molecule has 1 amide bonds. The molecule has 0 aliphatic heterocycles. The first kappa shape index (κ1) is 13.5. The summed E-state index contributed by atoms with van der Waals surface area (Å²) in [5.74, 6) is -1.72. The first-order chi connectivity index (χ1) is 8.06. The summed E-state index contributed by atoms with van der Waals surface area (Å²) in [6.45, 7) is -0.0176. The molecular weight excluding hydrogens is 246 g/mol. The highest BCUT2D eigenvalue weighted by atomic mass is 35.5. The van der Waals surface area contributed by atoms with Crippen LogP contribution in [0, 0.1) is 0 Å². The third-order valence-corrected chi connectivity index (χ3v) is 2.43. The molecule has 92 valence electrons. The van der Waals surface area contributed by atoms with E-state index < -0.39 is 18.0 Å². The van der Waals surface area contributed by atoms with E-state index in [2.05, 4.69) is 5.32 Å². The Morgan fingerprint density at radius 3 is 2.41 bits per heavy atom. The monoisotopic (exact) mass is 257 g/mol. The van der Waals surface area contributed by atoms with Gasteiger partial charge in [-0.25, -0.2) is 4.79 Å². The number of carbonyl (C=O) groups excluding carboxylic acids is 1. The van der Waals surface area contributed by atoms with Gasteiger partial charge < -0.3 is 15.5 Å². The number of benzene rings is 1. The Morgan fingerprint density at radius 1 is 1.29 bits per heavy atom. The first-order valence-corrected chi connectivity index (χ1v) is 5.44. The lowest BCUT2D eigenvalue weighted by atomic mass is 10.1. The minimum atomic E-state index is -1.17. The first-order valence-electron chi connectivity index (χ1n) is 4.90. The molecule has 0 aromatic heterocycles. The normalized spacial score (nSPS) is 11.9. The molecule has 0 fully saturated rings. The van der Waals surface area contributed by atoms with Crippen molar-refractivity contribution in [3.05, 3.63) is 35.4 Å². The number of aromatic carboxylic acids is 1. The minimum Gasteiger partial charge on any atom is -0.478 e. The van der Waals surface area contributed by atoms with Crippen LogP contribution in [0.2, 0.25) is 0 Å². The average molecular weight is 258 g/mol. The quantitative estimate of drug-likeness (QED) is 0.678. The van der Waals surface area contributed by atoms with Crippen LogP contribution in [0.3, 0.4) is 0 Å². The van der Waals surface area contributed by atoms with Crippen molar-refractivity contribution in [3.63, 3.8) is 0 Å². The molecule has 0 saturated carbocycles. The highest BCUT2D eigenvalue weighted by molar-refractivity contribution is 6.18. The number of alkyl halides is 1. The van der Waals surface area contributed by atoms with E-state index in [4.69, 9.17) is 21.8 Å². The van der Waals surface area contributed by atoms with Crippen LogP contribution < -0.4 is 5.32 Å². The number of carboxylic acid groups (broad SMARTS) is 1. The molecule has 0 unspecified atom stereocenters. The van der Waals surface area contributed by atoms with Gasteiger partial charge in [-0.05, 0) is 12.1 Å². The Bertz CT molecular complexity index is 422. The Kier molecular flexibility index (Phi) is 4.93. The van der Waals surface area contributed by atoms with E-state index in [1.807, 2.05) is 0 Å². The average Bonchev–Trinajstić information content (AvgIpc) is 2.35. The number of hydrogen-bond acceptors (Lipinski definition) is 3. The summed E-state index contributed by atoms with van der Waals surface area (Å²) >= 11 is 5.37. The van der Waals surface area contributed by atoms with Gasteiger partial charge in [-0.1, -0.05) is 12.1 Å². The zero-order valence-electron chi connectivity index (χ0n) is 8.89. The number of aliphatic hydroxyl groups excluding tert-OH is 1. The number of nitrogens with one attached hydrogen (secondary N) is 1. The van der Waals surface area contributed by atoms with Crippen molar-refractivity contribution < 1.29 is 19.8 Å². The Balaban J connectivity index is 2.78. The molecule has 1 aromatic carbocycles. The van der Waals surface area contributed by atoms with E-state index >= 15 is 0 Å². The van der Waals surface area contributed by atoms with E-state index in [-0.39, 0.29) is 23.6 Å². The molecule has 3 N–H and O–H groups in total. The second-order valence-electron chi connectivity index (χ2n) is 3.37. The molecule has 0 heterocycles. The molecule has 5 nitrogen and oxygen atoms in total. The van der Waals surface area contributed by atoms with E-state index in [0.29, 0.717) is 0 Å². The summed E-state index contributed by atoms with van der Waals surface area (Å²) < 4.78 is 0. The Hall–Kier alpha value is -1.59. The second-order valence-corrected chi connectivity index (χ2v) is 3.68. The molecule has 0 bridgehead atoms. The molecule has 17 heavy (non-hydrogen) atoms. The Labute approximate surface area is 103 Å². The summed E-state index contributed by atoms with van der Waals surface area (Å²) in [5.41, 5.74) is -0.0212. The van der Waals surface area contributed by atoms with Gasteiger partial charge in [0.1, 0.15) is 0 Å². The molecule has 0 aliphatic rings. The number of amides is 1. The smallest absolute Gasteiger partial charge is 0.336 e. The highest BCUT2D eigenvalue weighted by Crippen LogP contribution is 2.08. The van der Waals surface area contributed by atoms with Crippen molar-refractivity contribution in [1.29, 1.82) is 0 Å². The zero-order valence-corrected chi connectivity index (χ0v) is 9.65. The van der Waals surface area contributed by atoms with Crippen molar-refractivity contribution in [1.82, 2.24) is 5.32 Å². The lowest BCUT2D eigenvalue weighted by molar-refractivity contribution is 0.0690. The fraction of sp³-hybridized carbons (Fsp3) is 0.273. The lowest BCUT2D eigenvalue weighted by Gasteiger charge is -2.10. The van der Waals surface area contributed by atoms with Crippen LogP contribution in [-0.2, 0) is 0 Å². The Morgan fingerprint density at radius 2 is 1.88 bits per heavy atom. The molecule has 0 aliphatic carbocycles. The number of aliphatic hydroxyl groups is 1. The molecule has 0 saturated heterocycles. The molecule has 6 heteroatoms. The van der Waals surface area contributed by atoms with Gasteiger partial charge in [0, 0.05) is 6.54 Å². The maximum atomic E-state index is 11.7. The number of halogens is 1. The van der Waals surface area contributed by atoms with Crippen molar-refractivity contribution >= 4 is 23.5 Å². The number of carbonyl (C=O) groups is 2. The summed E-state index contributed by atoms with van der Waals surface area (Å²) in [7, 11) is 0. The second kappa shape index (κ2) is 6.22. The van der Waals surface area contributed by atoms with Gasteiger partial charge in [0.15, 0.2) is 0 Å². The number of carboxylic acids is 1. The van der Waals surface area contributed by atoms with Gasteiger partial charge in [-0.15, -0.1) is 11.6 Å². The van der Waals surface area contributed by atoms with Gasteiger partial charge in [-0.2, -0.15) is 0 Å². The van der Waals surface area contributed by atoms with Crippen molar-refractivity contribution in [2.24, 2.45) is 0 Å².